The largest absolute Gasteiger partial charge is 0.376 e. The highest BCUT2D eigenvalue weighted by Crippen LogP contribution is 2.64. The van der Waals surface area contributed by atoms with Gasteiger partial charge in [0.15, 0.2) is 0 Å². The quantitative estimate of drug-likeness (QED) is 0.586. The normalized spacial score (nSPS) is 12.9. The summed E-state index contributed by atoms with van der Waals surface area (Å²) in [5.74, 6) is -1.16. The molecule has 2 N–H and O–H groups in total. The van der Waals surface area contributed by atoms with Gasteiger partial charge in [0.1, 0.15) is 0 Å². The highest BCUT2D eigenvalue weighted by Gasteiger charge is 2.53. The van der Waals surface area contributed by atoms with E-state index in [1.807, 2.05) is 0 Å². The van der Waals surface area contributed by atoms with E-state index in [1.165, 1.54) is 0 Å². The van der Waals surface area contributed by atoms with Crippen LogP contribution in [-0.2, 0) is 18.4 Å². The zero-order chi connectivity index (χ0) is 11.4. The minimum atomic E-state index is -3.92. The standard InChI is InChI=1S/C6H12Cl2NO4P/c1-3-12-14(11,13-4-2)6(7,8)5(9)10/h3-4H2,1-2H3,(H2,9,10). The number of carbonyl (C=O) groups excluding carboxylic acids is 1. The topological polar surface area (TPSA) is 78.6 Å². The number of hydrogen-bond acceptors (Lipinski definition) is 4. The first-order chi connectivity index (χ1) is 6.31. The molecule has 0 radical (unpaired) electrons. The molecule has 0 aromatic heterocycles. The van der Waals surface area contributed by atoms with Crippen LogP contribution in [0.4, 0.5) is 0 Å². The van der Waals surface area contributed by atoms with E-state index >= 15 is 0 Å². The fourth-order valence-corrected chi connectivity index (χ4v) is 2.61. The average molecular weight is 264 g/mol. The smallest absolute Gasteiger partial charge is 0.366 e. The second-order valence-electron chi connectivity index (χ2n) is 2.24. The lowest BCUT2D eigenvalue weighted by Gasteiger charge is -2.25. The summed E-state index contributed by atoms with van der Waals surface area (Å²) < 4.78 is 19.0. The molecule has 14 heavy (non-hydrogen) atoms. The van der Waals surface area contributed by atoms with E-state index < -0.39 is 17.6 Å². The summed E-state index contributed by atoms with van der Waals surface area (Å²) in [5.41, 5.74) is 4.88. The lowest BCUT2D eigenvalue weighted by molar-refractivity contribution is -0.117. The number of hydrogen-bond donors (Lipinski definition) is 1. The summed E-state index contributed by atoms with van der Waals surface area (Å²) in [4.78, 5) is 10.8. The second-order valence-corrected chi connectivity index (χ2v) is 6.28. The van der Waals surface area contributed by atoms with E-state index in [2.05, 4.69) is 0 Å². The molecule has 0 saturated carbocycles. The van der Waals surface area contributed by atoms with Crippen molar-refractivity contribution < 1.29 is 18.4 Å². The molecule has 1 amide bonds. The minimum absolute atomic E-state index is 0.0474. The Kier molecular flexibility index (Phi) is 5.41. The maximum absolute atomic E-state index is 11.9. The molecule has 0 heterocycles. The number of alkyl halides is 2. The average Bonchev–Trinajstić information content (AvgIpc) is 2.04. The minimum Gasteiger partial charge on any atom is -0.366 e. The van der Waals surface area contributed by atoms with Crippen molar-refractivity contribution in [2.45, 2.75) is 17.9 Å². The third-order valence-corrected chi connectivity index (χ3v) is 4.96. The molecule has 0 fully saturated rings. The van der Waals surface area contributed by atoms with Crippen LogP contribution in [0.15, 0.2) is 0 Å². The maximum atomic E-state index is 11.9. The van der Waals surface area contributed by atoms with Crippen molar-refractivity contribution in [3.8, 4) is 0 Å². The third kappa shape index (κ3) is 2.84. The fourth-order valence-electron chi connectivity index (χ4n) is 0.674. The molecule has 0 atom stereocenters. The molecule has 0 aliphatic rings. The molecule has 0 spiro atoms. The lowest BCUT2D eigenvalue weighted by Crippen LogP contribution is -2.34. The molecule has 0 aromatic rings. The van der Waals surface area contributed by atoms with Crippen LogP contribution in [0.25, 0.3) is 0 Å². The van der Waals surface area contributed by atoms with Crippen LogP contribution in [0.3, 0.4) is 0 Å². The summed E-state index contributed by atoms with van der Waals surface area (Å²) >= 11 is 11.0. The predicted octanol–water partition coefficient (Wildman–Crippen LogP) is 1.87. The second kappa shape index (κ2) is 5.33. The van der Waals surface area contributed by atoms with Crippen molar-refractivity contribution in [1.29, 1.82) is 0 Å². The summed E-state index contributed by atoms with van der Waals surface area (Å²) in [5, 5.41) is 0. The lowest BCUT2D eigenvalue weighted by atomic mass is 10.7. The highest BCUT2D eigenvalue weighted by molar-refractivity contribution is 7.61. The fraction of sp³-hybridized carbons (Fsp3) is 0.833. The molecule has 0 rings (SSSR count). The van der Waals surface area contributed by atoms with Gasteiger partial charge in [0.25, 0.3) is 9.98 Å². The summed E-state index contributed by atoms with van der Waals surface area (Å²) in [6, 6.07) is 0. The Morgan fingerprint density at radius 2 is 1.71 bits per heavy atom. The Labute approximate surface area is 92.4 Å². The van der Waals surface area contributed by atoms with E-state index in [9.17, 15) is 9.36 Å². The van der Waals surface area contributed by atoms with E-state index in [4.69, 9.17) is 38.0 Å². The monoisotopic (exact) mass is 263 g/mol. The van der Waals surface area contributed by atoms with Gasteiger partial charge in [-0.05, 0) is 13.8 Å². The van der Waals surface area contributed by atoms with Gasteiger partial charge in [0.2, 0.25) is 0 Å². The number of rotatable bonds is 6. The van der Waals surface area contributed by atoms with Gasteiger partial charge in [-0.25, -0.2) is 0 Å². The first-order valence-electron chi connectivity index (χ1n) is 3.88. The zero-order valence-corrected chi connectivity index (χ0v) is 10.2. The molecule has 0 aromatic carbocycles. The number of primary amides is 1. The Balaban J connectivity index is 4.99. The molecular formula is C6H12Cl2NO4P. The van der Waals surface area contributed by atoms with E-state index in [0.717, 1.165) is 0 Å². The van der Waals surface area contributed by atoms with E-state index in [0.29, 0.717) is 0 Å². The zero-order valence-electron chi connectivity index (χ0n) is 7.83. The van der Waals surface area contributed by atoms with Crippen molar-refractivity contribution in [2.24, 2.45) is 5.73 Å². The van der Waals surface area contributed by atoms with Crippen molar-refractivity contribution >= 4 is 36.7 Å². The summed E-state index contributed by atoms with van der Waals surface area (Å²) in [6.07, 6.45) is 0. The van der Waals surface area contributed by atoms with Gasteiger partial charge in [0.05, 0.1) is 13.2 Å². The maximum Gasteiger partial charge on any atom is 0.376 e. The van der Waals surface area contributed by atoms with Crippen LogP contribution in [0, 0.1) is 0 Å². The molecule has 0 unspecified atom stereocenters. The van der Waals surface area contributed by atoms with Gasteiger partial charge < -0.3 is 14.8 Å². The van der Waals surface area contributed by atoms with Crippen LogP contribution in [0.1, 0.15) is 13.8 Å². The first-order valence-corrected chi connectivity index (χ1v) is 6.18. The molecule has 8 heteroatoms. The molecule has 0 saturated heterocycles. The molecule has 5 nitrogen and oxygen atoms in total. The van der Waals surface area contributed by atoms with Crippen LogP contribution in [-0.4, -0.2) is 23.2 Å². The van der Waals surface area contributed by atoms with E-state index in [1.54, 1.807) is 13.8 Å². The van der Waals surface area contributed by atoms with Crippen molar-refractivity contribution in [3.05, 3.63) is 0 Å². The third-order valence-electron chi connectivity index (χ3n) is 1.24. The molecule has 84 valence electrons. The van der Waals surface area contributed by atoms with Crippen molar-refractivity contribution in [1.82, 2.24) is 0 Å². The summed E-state index contributed by atoms with van der Waals surface area (Å²) in [7, 11) is -3.92. The molecule has 0 aliphatic carbocycles. The van der Waals surface area contributed by atoms with Crippen LogP contribution < -0.4 is 5.73 Å². The van der Waals surface area contributed by atoms with Gasteiger partial charge >= 0.3 is 7.60 Å². The number of halogens is 2. The first kappa shape index (κ1) is 14.2. The summed E-state index contributed by atoms with van der Waals surface area (Å²) in [6.45, 7) is 3.23. The van der Waals surface area contributed by atoms with E-state index in [-0.39, 0.29) is 13.2 Å². The van der Waals surface area contributed by atoms with Gasteiger partial charge in [-0.1, -0.05) is 23.2 Å². The van der Waals surface area contributed by atoms with Gasteiger partial charge in [-0.15, -0.1) is 0 Å². The van der Waals surface area contributed by atoms with Crippen LogP contribution in [0.5, 0.6) is 0 Å². The number of carbonyl (C=O) groups is 1. The van der Waals surface area contributed by atoms with Gasteiger partial charge in [0, 0.05) is 0 Å². The Hall–Kier alpha value is 0.200. The number of amides is 1. The van der Waals surface area contributed by atoms with Gasteiger partial charge in [-0.3, -0.25) is 9.36 Å². The van der Waals surface area contributed by atoms with Crippen LogP contribution in [0.2, 0.25) is 0 Å². The molecule has 0 bridgehead atoms. The van der Waals surface area contributed by atoms with Gasteiger partial charge in [-0.2, -0.15) is 0 Å². The molecule has 0 aliphatic heterocycles. The highest BCUT2D eigenvalue weighted by atomic mass is 35.5. The Morgan fingerprint density at radius 1 is 1.36 bits per heavy atom. The van der Waals surface area contributed by atoms with Crippen molar-refractivity contribution in [3.63, 3.8) is 0 Å². The predicted molar refractivity (Wildman–Crippen MR) is 54.5 cm³/mol. The molecular weight excluding hydrogens is 252 g/mol. The SMILES string of the molecule is CCOP(=O)(OCC)C(Cl)(Cl)C(N)=O. The Morgan fingerprint density at radius 3 is 1.93 bits per heavy atom. The Bertz CT molecular complexity index is 248. The van der Waals surface area contributed by atoms with Crippen LogP contribution >= 0.6 is 30.8 Å². The number of nitrogens with two attached hydrogens (primary N) is 1. The van der Waals surface area contributed by atoms with Crippen molar-refractivity contribution in [2.75, 3.05) is 13.2 Å².